The highest BCUT2D eigenvalue weighted by Crippen LogP contribution is 2.19. The van der Waals surface area contributed by atoms with Gasteiger partial charge in [0, 0.05) is 6.92 Å². The van der Waals surface area contributed by atoms with Crippen LogP contribution in [0.3, 0.4) is 0 Å². The first-order valence-electron chi connectivity index (χ1n) is 5.17. The summed E-state index contributed by atoms with van der Waals surface area (Å²) in [7, 11) is 0. The molecule has 7 nitrogen and oxygen atoms in total. The number of ether oxygens (including phenoxy) is 1. The fraction of sp³-hybridized carbons (Fsp3) is 0.182. The van der Waals surface area contributed by atoms with Gasteiger partial charge in [0.25, 0.3) is 5.91 Å². The van der Waals surface area contributed by atoms with Crippen LogP contribution >= 0.6 is 11.6 Å². The van der Waals surface area contributed by atoms with Gasteiger partial charge in [-0.05, 0) is 18.2 Å². The molecule has 0 bridgehead atoms. The molecule has 1 aromatic rings. The second-order valence-electron chi connectivity index (χ2n) is 3.54. The summed E-state index contributed by atoms with van der Waals surface area (Å²) >= 11 is 5.70. The van der Waals surface area contributed by atoms with Crippen LogP contribution in [-0.4, -0.2) is 24.4 Å². The van der Waals surface area contributed by atoms with E-state index < -0.39 is 24.4 Å². The Hall–Kier alpha value is -2.28. The van der Waals surface area contributed by atoms with E-state index in [-0.39, 0.29) is 11.3 Å². The third-order valence-corrected chi connectivity index (χ3v) is 2.29. The number of nitrogens with two attached hydrogens (primary N) is 1. The van der Waals surface area contributed by atoms with Gasteiger partial charge in [-0.25, -0.2) is 4.79 Å². The Morgan fingerprint density at radius 3 is 2.58 bits per heavy atom. The molecule has 0 saturated carbocycles. The number of carbonyl (C=O) groups is 3. The molecule has 1 rings (SSSR count). The number of carbonyl (C=O) groups excluding carboxylic acids is 3. The van der Waals surface area contributed by atoms with E-state index >= 15 is 0 Å². The van der Waals surface area contributed by atoms with Crippen molar-refractivity contribution in [3.8, 4) is 0 Å². The average Bonchev–Trinajstić information content (AvgIpc) is 2.36. The summed E-state index contributed by atoms with van der Waals surface area (Å²) in [5, 5.41) is 0.319. The van der Waals surface area contributed by atoms with Crippen molar-refractivity contribution in [1.29, 1.82) is 0 Å². The van der Waals surface area contributed by atoms with Crippen molar-refractivity contribution in [2.75, 3.05) is 12.3 Å². The number of halogens is 1. The first-order chi connectivity index (χ1) is 8.90. The maximum absolute atomic E-state index is 11.6. The first-order valence-corrected chi connectivity index (χ1v) is 5.55. The van der Waals surface area contributed by atoms with Gasteiger partial charge in [-0.15, -0.1) is 0 Å². The Bertz CT molecular complexity index is 519. The largest absolute Gasteiger partial charge is 0.452 e. The van der Waals surface area contributed by atoms with Crippen molar-refractivity contribution in [3.05, 3.63) is 28.8 Å². The molecule has 2 amide bonds. The second-order valence-corrected chi connectivity index (χ2v) is 3.95. The number of amides is 2. The van der Waals surface area contributed by atoms with Gasteiger partial charge in [0.05, 0.1) is 16.3 Å². The van der Waals surface area contributed by atoms with E-state index in [9.17, 15) is 14.4 Å². The van der Waals surface area contributed by atoms with Gasteiger partial charge in [0.1, 0.15) is 0 Å². The lowest BCUT2D eigenvalue weighted by Gasteiger charge is -2.07. The molecule has 0 spiro atoms. The number of hydrogen-bond donors (Lipinski definition) is 3. The van der Waals surface area contributed by atoms with E-state index in [1.807, 2.05) is 5.43 Å². The molecule has 0 unspecified atom stereocenters. The molecule has 0 saturated heterocycles. The standard InChI is InChI=1S/C11H12ClN3O4/c1-6(16)14-15-10(17)5-19-11(18)7-2-3-8(12)9(13)4-7/h2-4H,5,13H2,1H3,(H,14,16)(H,15,17). The number of hydrogen-bond acceptors (Lipinski definition) is 5. The Labute approximate surface area is 114 Å². The van der Waals surface area contributed by atoms with Crippen LogP contribution in [0.4, 0.5) is 5.69 Å². The van der Waals surface area contributed by atoms with Crippen LogP contribution < -0.4 is 16.6 Å². The minimum Gasteiger partial charge on any atom is -0.452 e. The number of esters is 1. The van der Waals surface area contributed by atoms with E-state index in [2.05, 4.69) is 5.43 Å². The number of nitrogens with one attached hydrogen (secondary N) is 2. The number of rotatable bonds is 3. The first kappa shape index (κ1) is 14.8. The van der Waals surface area contributed by atoms with E-state index in [0.717, 1.165) is 0 Å². The van der Waals surface area contributed by atoms with Gasteiger partial charge < -0.3 is 10.5 Å². The normalized spacial score (nSPS) is 9.58. The lowest BCUT2D eigenvalue weighted by atomic mass is 10.2. The number of benzene rings is 1. The van der Waals surface area contributed by atoms with Crippen molar-refractivity contribution in [1.82, 2.24) is 10.9 Å². The summed E-state index contributed by atoms with van der Waals surface area (Å²) in [4.78, 5) is 33.2. The minimum atomic E-state index is -0.721. The Kier molecular flexibility index (Phi) is 5.13. The molecule has 0 heterocycles. The van der Waals surface area contributed by atoms with Crippen molar-refractivity contribution in [2.24, 2.45) is 0 Å². The zero-order valence-corrected chi connectivity index (χ0v) is 10.8. The van der Waals surface area contributed by atoms with Crippen molar-refractivity contribution < 1.29 is 19.1 Å². The highest BCUT2D eigenvalue weighted by atomic mass is 35.5. The summed E-state index contributed by atoms with van der Waals surface area (Å²) in [6, 6.07) is 4.22. The third-order valence-electron chi connectivity index (χ3n) is 1.94. The molecule has 0 aliphatic heterocycles. The van der Waals surface area contributed by atoms with Gasteiger partial charge in [0.2, 0.25) is 5.91 Å². The monoisotopic (exact) mass is 285 g/mol. The van der Waals surface area contributed by atoms with E-state index in [1.165, 1.54) is 25.1 Å². The molecule has 0 aliphatic rings. The zero-order valence-electron chi connectivity index (χ0n) is 10.0. The molecule has 0 radical (unpaired) electrons. The highest BCUT2D eigenvalue weighted by molar-refractivity contribution is 6.33. The Morgan fingerprint density at radius 1 is 1.32 bits per heavy atom. The molecular formula is C11H12ClN3O4. The third kappa shape index (κ3) is 4.84. The summed E-state index contributed by atoms with van der Waals surface area (Å²) in [5.74, 6) is -1.82. The average molecular weight is 286 g/mol. The zero-order chi connectivity index (χ0) is 14.4. The van der Waals surface area contributed by atoms with Crippen LogP contribution in [0.2, 0.25) is 5.02 Å². The quantitative estimate of drug-likeness (QED) is 0.419. The molecule has 102 valence electrons. The minimum absolute atomic E-state index is 0.175. The molecule has 8 heteroatoms. The molecule has 1 aromatic carbocycles. The Morgan fingerprint density at radius 2 is 2.00 bits per heavy atom. The summed E-state index contributed by atoms with van der Waals surface area (Å²) in [6.45, 7) is 0.699. The van der Waals surface area contributed by atoms with Crippen LogP contribution in [0.1, 0.15) is 17.3 Å². The lowest BCUT2D eigenvalue weighted by molar-refractivity contribution is -0.129. The number of anilines is 1. The summed E-state index contributed by atoms with van der Waals surface area (Å²) in [5.41, 5.74) is 10.0. The molecule has 0 atom stereocenters. The number of hydrazine groups is 1. The summed E-state index contributed by atoms with van der Waals surface area (Å²) in [6.07, 6.45) is 0. The van der Waals surface area contributed by atoms with E-state index in [4.69, 9.17) is 22.1 Å². The highest BCUT2D eigenvalue weighted by Gasteiger charge is 2.11. The van der Waals surface area contributed by atoms with Crippen molar-refractivity contribution in [3.63, 3.8) is 0 Å². The molecular weight excluding hydrogens is 274 g/mol. The lowest BCUT2D eigenvalue weighted by Crippen LogP contribution is -2.42. The van der Waals surface area contributed by atoms with Gasteiger partial charge in [-0.1, -0.05) is 11.6 Å². The van der Waals surface area contributed by atoms with Gasteiger partial charge >= 0.3 is 5.97 Å². The van der Waals surface area contributed by atoms with Gasteiger partial charge in [-0.3, -0.25) is 20.4 Å². The van der Waals surface area contributed by atoms with Gasteiger partial charge in [-0.2, -0.15) is 0 Å². The Balaban J connectivity index is 2.49. The van der Waals surface area contributed by atoms with Crippen LogP contribution in [0.5, 0.6) is 0 Å². The van der Waals surface area contributed by atoms with E-state index in [1.54, 1.807) is 0 Å². The van der Waals surface area contributed by atoms with E-state index in [0.29, 0.717) is 5.02 Å². The topological polar surface area (TPSA) is 111 Å². The second kappa shape index (κ2) is 6.60. The van der Waals surface area contributed by atoms with Crippen LogP contribution in [0.25, 0.3) is 0 Å². The molecule has 0 aliphatic carbocycles. The van der Waals surface area contributed by atoms with Crippen molar-refractivity contribution >= 4 is 35.1 Å². The summed E-state index contributed by atoms with van der Waals surface area (Å²) < 4.78 is 4.72. The predicted molar refractivity (Wildman–Crippen MR) is 68.1 cm³/mol. The van der Waals surface area contributed by atoms with Crippen LogP contribution in [0.15, 0.2) is 18.2 Å². The fourth-order valence-corrected chi connectivity index (χ4v) is 1.20. The maximum Gasteiger partial charge on any atom is 0.338 e. The maximum atomic E-state index is 11.6. The molecule has 4 N–H and O–H groups in total. The fourth-order valence-electron chi connectivity index (χ4n) is 1.08. The van der Waals surface area contributed by atoms with Crippen LogP contribution in [0, 0.1) is 0 Å². The van der Waals surface area contributed by atoms with Gasteiger partial charge in [0.15, 0.2) is 6.61 Å². The number of nitrogen functional groups attached to an aromatic ring is 1. The SMILES string of the molecule is CC(=O)NNC(=O)COC(=O)c1ccc(Cl)c(N)c1. The predicted octanol–water partition coefficient (Wildman–Crippen LogP) is 0.246. The van der Waals surface area contributed by atoms with Crippen LogP contribution in [-0.2, 0) is 14.3 Å². The molecule has 0 aromatic heterocycles. The molecule has 19 heavy (non-hydrogen) atoms. The molecule has 0 fully saturated rings. The van der Waals surface area contributed by atoms with Crippen molar-refractivity contribution in [2.45, 2.75) is 6.92 Å². The smallest absolute Gasteiger partial charge is 0.338 e.